The van der Waals surface area contributed by atoms with Crippen molar-refractivity contribution in [3.63, 3.8) is 0 Å². The number of rotatable bonds is 0. The molecular formula is C5H3N. The topological polar surface area (TPSA) is 23.8 Å². The van der Waals surface area contributed by atoms with Crippen LogP contribution in [0.15, 0.2) is 23.8 Å². The Morgan fingerprint density at radius 3 is 2.33 bits per heavy atom. The largest absolute Gasteiger partial charge is 0.192 e. The maximum absolute atomic E-state index is 8.02. The Labute approximate surface area is 36.2 Å². The van der Waals surface area contributed by atoms with Gasteiger partial charge in [-0.1, -0.05) is 6.08 Å². The highest BCUT2D eigenvalue weighted by Gasteiger charge is 1.89. The molecule has 0 bridgehead atoms. The smallest absolute Gasteiger partial charge is 0.0991 e. The fraction of sp³-hybridized carbons (Fsp3) is 0. The first-order valence-electron chi connectivity index (χ1n) is 1.72. The van der Waals surface area contributed by atoms with E-state index in [9.17, 15) is 0 Å². The van der Waals surface area contributed by atoms with Crippen molar-refractivity contribution in [2.24, 2.45) is 0 Å². The van der Waals surface area contributed by atoms with E-state index in [4.69, 9.17) is 5.26 Å². The molecule has 1 aliphatic rings. The van der Waals surface area contributed by atoms with E-state index in [2.05, 4.69) is 0 Å². The molecule has 1 rings (SSSR count). The maximum atomic E-state index is 8.02. The Morgan fingerprint density at radius 2 is 2.33 bits per heavy atom. The number of hydrogen-bond acceptors (Lipinski definition) is 1. The van der Waals surface area contributed by atoms with E-state index >= 15 is 0 Å². The van der Waals surface area contributed by atoms with Crippen LogP contribution < -0.4 is 0 Å². The second kappa shape index (κ2) is 0.983. The minimum atomic E-state index is 0.773. The van der Waals surface area contributed by atoms with Crippen molar-refractivity contribution in [3.8, 4) is 6.07 Å². The zero-order chi connectivity index (χ0) is 4.41. The van der Waals surface area contributed by atoms with Crippen molar-refractivity contribution in [3.05, 3.63) is 23.8 Å². The lowest BCUT2D eigenvalue weighted by molar-refractivity contribution is 1.48. The second-order valence-corrected chi connectivity index (χ2v) is 1.09. The summed E-state index contributed by atoms with van der Waals surface area (Å²) in [5.74, 6) is 0. The molecule has 1 aliphatic carbocycles. The molecule has 0 atom stereocenters. The SMILES string of the molecule is N#CC1=CC=C1. The fourth-order valence-electron chi connectivity index (χ4n) is 0.267. The summed E-state index contributed by atoms with van der Waals surface area (Å²) in [4.78, 5) is 0. The van der Waals surface area contributed by atoms with Crippen molar-refractivity contribution in [2.45, 2.75) is 0 Å². The predicted octanol–water partition coefficient (Wildman–Crippen LogP) is 1.01. The monoisotopic (exact) mass is 77.0 g/mol. The summed E-state index contributed by atoms with van der Waals surface area (Å²) in [6, 6.07) is 1.98. The lowest BCUT2D eigenvalue weighted by Crippen LogP contribution is -1.75. The van der Waals surface area contributed by atoms with E-state index in [0.29, 0.717) is 0 Å². The van der Waals surface area contributed by atoms with Crippen LogP contribution >= 0.6 is 0 Å². The van der Waals surface area contributed by atoms with E-state index in [0.717, 1.165) is 5.57 Å². The third kappa shape index (κ3) is 0.237. The van der Waals surface area contributed by atoms with E-state index < -0.39 is 0 Å². The molecule has 0 heterocycles. The average Bonchev–Trinajstić information content (AvgIpc) is 1.31. The predicted molar refractivity (Wildman–Crippen MR) is 22.8 cm³/mol. The Bertz CT molecular complexity index is 146. The van der Waals surface area contributed by atoms with E-state index in [1.165, 1.54) is 0 Å². The Hall–Kier alpha value is -1.03. The lowest BCUT2D eigenvalue weighted by atomic mass is 10.1. The minimum Gasteiger partial charge on any atom is -0.192 e. The summed E-state index contributed by atoms with van der Waals surface area (Å²) in [5, 5.41) is 8.02. The second-order valence-electron chi connectivity index (χ2n) is 1.09. The first-order chi connectivity index (χ1) is 2.93. The van der Waals surface area contributed by atoms with Crippen molar-refractivity contribution >= 4 is 0 Å². The summed E-state index contributed by atoms with van der Waals surface area (Å²) < 4.78 is 0. The van der Waals surface area contributed by atoms with Gasteiger partial charge < -0.3 is 0 Å². The molecule has 0 fully saturated rings. The van der Waals surface area contributed by atoms with Gasteiger partial charge >= 0.3 is 0 Å². The van der Waals surface area contributed by atoms with Crippen LogP contribution in [0.1, 0.15) is 0 Å². The molecule has 6 heavy (non-hydrogen) atoms. The molecule has 0 saturated heterocycles. The van der Waals surface area contributed by atoms with Crippen LogP contribution in [0.5, 0.6) is 0 Å². The van der Waals surface area contributed by atoms with Crippen molar-refractivity contribution < 1.29 is 0 Å². The van der Waals surface area contributed by atoms with Gasteiger partial charge in [-0.05, 0) is 12.2 Å². The molecule has 0 aromatic heterocycles. The third-order valence-corrected chi connectivity index (χ3v) is 0.681. The van der Waals surface area contributed by atoms with Gasteiger partial charge in [-0.2, -0.15) is 5.26 Å². The van der Waals surface area contributed by atoms with Gasteiger partial charge in [0.1, 0.15) is 0 Å². The molecule has 0 unspecified atom stereocenters. The molecule has 0 spiro atoms. The van der Waals surface area contributed by atoms with Crippen LogP contribution in [0.2, 0.25) is 0 Å². The minimum absolute atomic E-state index is 0.773. The molecule has 0 aromatic carbocycles. The van der Waals surface area contributed by atoms with E-state index in [-0.39, 0.29) is 0 Å². The molecule has 0 aliphatic heterocycles. The Balaban J connectivity index is 2.65. The molecule has 1 heteroatoms. The summed E-state index contributed by atoms with van der Waals surface area (Å²) >= 11 is 0. The quantitative estimate of drug-likeness (QED) is 0.423. The zero-order valence-electron chi connectivity index (χ0n) is 3.18. The first-order valence-corrected chi connectivity index (χ1v) is 1.72. The van der Waals surface area contributed by atoms with Crippen LogP contribution in [0.4, 0.5) is 0 Å². The normalized spacial score (nSPS) is 14.8. The van der Waals surface area contributed by atoms with Gasteiger partial charge in [0.05, 0.1) is 11.6 Å². The average molecular weight is 77.1 g/mol. The van der Waals surface area contributed by atoms with Crippen LogP contribution in [-0.4, -0.2) is 0 Å². The molecule has 0 amide bonds. The lowest BCUT2D eigenvalue weighted by Gasteiger charge is -1.89. The van der Waals surface area contributed by atoms with Gasteiger partial charge in [-0.25, -0.2) is 0 Å². The molecule has 1 nitrogen and oxygen atoms in total. The van der Waals surface area contributed by atoms with Crippen LogP contribution in [0, 0.1) is 11.3 Å². The highest BCUT2D eigenvalue weighted by molar-refractivity contribution is 5.44. The third-order valence-electron chi connectivity index (χ3n) is 0.681. The molecule has 0 saturated carbocycles. The van der Waals surface area contributed by atoms with Crippen LogP contribution in [-0.2, 0) is 0 Å². The van der Waals surface area contributed by atoms with Crippen molar-refractivity contribution in [1.29, 1.82) is 5.26 Å². The zero-order valence-corrected chi connectivity index (χ0v) is 3.18. The van der Waals surface area contributed by atoms with Crippen LogP contribution in [0.25, 0.3) is 0 Å². The summed E-state index contributed by atoms with van der Waals surface area (Å²) in [5.41, 5.74) is 0.773. The van der Waals surface area contributed by atoms with E-state index in [1.807, 2.05) is 12.1 Å². The van der Waals surface area contributed by atoms with Crippen LogP contribution in [0.3, 0.4) is 0 Å². The standard InChI is InChI=1S/C5H3N/c6-4-5-2-1-3-5/h1-3H. The number of nitriles is 1. The van der Waals surface area contributed by atoms with Gasteiger partial charge in [-0.3, -0.25) is 0 Å². The van der Waals surface area contributed by atoms with Gasteiger partial charge in [0.25, 0.3) is 0 Å². The number of allylic oxidation sites excluding steroid dienone is 4. The van der Waals surface area contributed by atoms with Gasteiger partial charge in [0.15, 0.2) is 0 Å². The summed E-state index contributed by atoms with van der Waals surface area (Å²) in [6.07, 6.45) is 5.40. The van der Waals surface area contributed by atoms with Gasteiger partial charge in [-0.15, -0.1) is 0 Å². The summed E-state index contributed by atoms with van der Waals surface area (Å²) in [6.45, 7) is 0. The van der Waals surface area contributed by atoms with Crippen molar-refractivity contribution in [2.75, 3.05) is 0 Å². The Morgan fingerprint density at radius 1 is 1.67 bits per heavy atom. The van der Waals surface area contributed by atoms with Gasteiger partial charge in [0.2, 0.25) is 0 Å². The Kier molecular flexibility index (Phi) is 0.519. The fourth-order valence-corrected chi connectivity index (χ4v) is 0.267. The van der Waals surface area contributed by atoms with E-state index in [1.54, 1.807) is 12.2 Å². The van der Waals surface area contributed by atoms with Crippen molar-refractivity contribution in [1.82, 2.24) is 0 Å². The maximum Gasteiger partial charge on any atom is 0.0991 e. The highest BCUT2D eigenvalue weighted by Crippen LogP contribution is 2.03. The summed E-state index contributed by atoms with van der Waals surface area (Å²) in [7, 11) is 0. The molecular weight excluding hydrogens is 74.1 g/mol. The molecule has 0 N–H and O–H groups in total. The molecule has 0 aromatic rings. The number of nitrogens with zero attached hydrogens (tertiary/aromatic N) is 1. The highest BCUT2D eigenvalue weighted by atomic mass is 14.2. The molecule has 0 radical (unpaired) electrons. The van der Waals surface area contributed by atoms with Gasteiger partial charge in [0, 0.05) is 0 Å². The number of hydrogen-bond donors (Lipinski definition) is 0. The molecule has 28 valence electrons. The first kappa shape index (κ1) is 3.17.